The molecule has 1 unspecified atom stereocenters. The normalized spacial score (nSPS) is 24.9. The van der Waals surface area contributed by atoms with Crippen LogP contribution in [0.15, 0.2) is 12.3 Å². The van der Waals surface area contributed by atoms with E-state index in [2.05, 4.69) is 37.7 Å². The van der Waals surface area contributed by atoms with E-state index >= 15 is 0 Å². The Hall–Kier alpha value is -0.500. The third kappa shape index (κ3) is 2.40. The van der Waals surface area contributed by atoms with Gasteiger partial charge in [-0.1, -0.05) is 20.8 Å². The quantitative estimate of drug-likeness (QED) is 0.575. The average Bonchev–Trinajstić information content (AvgIpc) is 2.12. The van der Waals surface area contributed by atoms with Crippen LogP contribution >= 0.6 is 0 Å². The first-order valence-electron chi connectivity index (χ1n) is 3.76. The van der Waals surface area contributed by atoms with Gasteiger partial charge in [0, 0.05) is 12.2 Å². The second-order valence-electron chi connectivity index (χ2n) is 4.02. The van der Waals surface area contributed by atoms with E-state index < -0.39 is 0 Å². The summed E-state index contributed by atoms with van der Waals surface area (Å²) in [5, 5.41) is 0. The maximum Gasteiger partial charge on any atom is 0.0462 e. The van der Waals surface area contributed by atoms with Crippen molar-refractivity contribution >= 4 is 0 Å². The topological polar surface area (TPSA) is 24.1 Å². The summed E-state index contributed by atoms with van der Waals surface area (Å²) in [5.74, 6) is 0. The second kappa shape index (κ2) is 2.62. The molecule has 2 N–H and O–H groups in total. The van der Waals surface area contributed by atoms with E-state index in [1.54, 1.807) is 0 Å². The summed E-state index contributed by atoms with van der Waals surface area (Å²) >= 11 is 0. The van der Waals surface area contributed by atoms with E-state index in [1.165, 1.54) is 6.42 Å². The number of hydrogen-bond acceptors (Lipinski definition) is 2. The molecular weight excluding hydrogens is 124 g/mol. The smallest absolute Gasteiger partial charge is 0.0462 e. The van der Waals surface area contributed by atoms with Crippen LogP contribution in [-0.2, 0) is 0 Å². The summed E-state index contributed by atoms with van der Waals surface area (Å²) in [5.41, 5.74) is 6.53. The first-order chi connectivity index (χ1) is 4.58. The maximum absolute atomic E-state index is 3.15. The fourth-order valence-electron chi connectivity index (χ4n) is 1.15. The van der Waals surface area contributed by atoms with Crippen LogP contribution in [0, 0.1) is 5.41 Å². The maximum atomic E-state index is 3.15. The van der Waals surface area contributed by atoms with Gasteiger partial charge in [-0.25, -0.2) is 5.43 Å². The van der Waals surface area contributed by atoms with Crippen LogP contribution in [0.4, 0.5) is 0 Å². The number of hydrogen-bond donors (Lipinski definition) is 2. The molecule has 0 fully saturated rings. The van der Waals surface area contributed by atoms with Gasteiger partial charge in [0.05, 0.1) is 0 Å². The second-order valence-corrected chi connectivity index (χ2v) is 4.02. The number of rotatable bonds is 1. The Morgan fingerprint density at radius 3 is 2.50 bits per heavy atom. The lowest BCUT2D eigenvalue weighted by Gasteiger charge is -2.21. The Morgan fingerprint density at radius 2 is 2.10 bits per heavy atom. The summed E-state index contributed by atoms with van der Waals surface area (Å²) in [6, 6.07) is 0.514. The van der Waals surface area contributed by atoms with Crippen LogP contribution in [0.25, 0.3) is 0 Å². The van der Waals surface area contributed by atoms with Crippen LogP contribution in [0.2, 0.25) is 0 Å². The van der Waals surface area contributed by atoms with Crippen LogP contribution in [0.1, 0.15) is 27.2 Å². The fourth-order valence-corrected chi connectivity index (χ4v) is 1.15. The van der Waals surface area contributed by atoms with Crippen molar-refractivity contribution in [1.29, 1.82) is 0 Å². The number of nitrogens with one attached hydrogen (secondary N) is 2. The predicted molar refractivity (Wildman–Crippen MR) is 43.3 cm³/mol. The molecule has 1 aliphatic rings. The highest BCUT2D eigenvalue weighted by molar-refractivity contribution is 4.98. The zero-order chi connectivity index (χ0) is 7.61. The molecule has 0 radical (unpaired) electrons. The van der Waals surface area contributed by atoms with Crippen molar-refractivity contribution < 1.29 is 0 Å². The van der Waals surface area contributed by atoms with Crippen molar-refractivity contribution in [2.75, 3.05) is 0 Å². The summed E-state index contributed by atoms with van der Waals surface area (Å²) < 4.78 is 0. The molecule has 1 heterocycles. The van der Waals surface area contributed by atoms with Gasteiger partial charge in [0.2, 0.25) is 0 Å². The molecule has 58 valence electrons. The van der Waals surface area contributed by atoms with Crippen LogP contribution in [-0.4, -0.2) is 6.04 Å². The molecule has 1 atom stereocenters. The third-order valence-corrected chi connectivity index (χ3v) is 1.51. The monoisotopic (exact) mass is 140 g/mol. The van der Waals surface area contributed by atoms with Gasteiger partial charge in [0.15, 0.2) is 0 Å². The minimum atomic E-state index is 0.411. The Bertz CT molecular complexity index is 133. The third-order valence-electron chi connectivity index (χ3n) is 1.51. The van der Waals surface area contributed by atoms with Gasteiger partial charge in [-0.15, -0.1) is 0 Å². The molecule has 0 saturated heterocycles. The zero-order valence-corrected chi connectivity index (χ0v) is 6.94. The van der Waals surface area contributed by atoms with E-state index in [-0.39, 0.29) is 0 Å². The standard InChI is InChI=1S/C8H16N2/c1-8(2,3)6-7-4-5-9-10-7/h4-5,7,9-10H,6H2,1-3H3. The lowest BCUT2D eigenvalue weighted by molar-refractivity contribution is 0.335. The summed E-state index contributed by atoms with van der Waals surface area (Å²) in [7, 11) is 0. The molecule has 1 rings (SSSR count). The van der Waals surface area contributed by atoms with Crippen LogP contribution in [0.5, 0.6) is 0 Å². The van der Waals surface area contributed by atoms with Crippen molar-refractivity contribution in [2.24, 2.45) is 5.41 Å². The molecular formula is C8H16N2. The highest BCUT2D eigenvalue weighted by Gasteiger charge is 2.17. The average molecular weight is 140 g/mol. The molecule has 2 nitrogen and oxygen atoms in total. The molecule has 2 heteroatoms. The molecule has 0 aromatic heterocycles. The largest absolute Gasteiger partial charge is 0.328 e. The molecule has 0 aromatic carbocycles. The van der Waals surface area contributed by atoms with Crippen molar-refractivity contribution in [1.82, 2.24) is 10.9 Å². The fraction of sp³-hybridized carbons (Fsp3) is 0.750. The molecule has 0 aromatic rings. The Labute approximate surface area is 62.7 Å². The van der Waals surface area contributed by atoms with Crippen molar-refractivity contribution in [3.8, 4) is 0 Å². The number of hydrazine groups is 1. The lowest BCUT2D eigenvalue weighted by Crippen LogP contribution is -2.33. The van der Waals surface area contributed by atoms with E-state index in [4.69, 9.17) is 0 Å². The minimum Gasteiger partial charge on any atom is -0.328 e. The van der Waals surface area contributed by atoms with Gasteiger partial charge in [0.25, 0.3) is 0 Å². The first-order valence-corrected chi connectivity index (χ1v) is 3.76. The summed E-state index contributed by atoms with van der Waals surface area (Å²) in [6.07, 6.45) is 5.29. The summed E-state index contributed by atoms with van der Waals surface area (Å²) in [4.78, 5) is 0. The van der Waals surface area contributed by atoms with Crippen molar-refractivity contribution in [2.45, 2.75) is 33.2 Å². The van der Waals surface area contributed by atoms with Crippen LogP contribution in [0.3, 0.4) is 0 Å². The van der Waals surface area contributed by atoms with E-state index in [9.17, 15) is 0 Å². The van der Waals surface area contributed by atoms with E-state index in [0.717, 1.165) is 0 Å². The van der Waals surface area contributed by atoms with Gasteiger partial charge >= 0.3 is 0 Å². The van der Waals surface area contributed by atoms with Crippen molar-refractivity contribution in [3.63, 3.8) is 0 Å². The summed E-state index contributed by atoms with van der Waals surface area (Å²) in [6.45, 7) is 6.75. The van der Waals surface area contributed by atoms with Gasteiger partial charge in [-0.05, 0) is 17.9 Å². The van der Waals surface area contributed by atoms with Crippen molar-refractivity contribution in [3.05, 3.63) is 12.3 Å². The molecule has 1 aliphatic heterocycles. The molecule has 0 saturated carbocycles. The highest BCUT2D eigenvalue weighted by atomic mass is 15.4. The Morgan fingerprint density at radius 1 is 1.40 bits per heavy atom. The minimum absolute atomic E-state index is 0.411. The zero-order valence-electron chi connectivity index (χ0n) is 6.94. The SMILES string of the molecule is CC(C)(C)CC1C=CNN1. The van der Waals surface area contributed by atoms with Gasteiger partial charge in [-0.2, -0.15) is 0 Å². The molecule has 0 aliphatic carbocycles. The van der Waals surface area contributed by atoms with E-state index in [1.807, 2.05) is 6.20 Å². The van der Waals surface area contributed by atoms with Gasteiger partial charge in [0.1, 0.15) is 0 Å². The Balaban J connectivity index is 2.31. The Kier molecular flexibility index (Phi) is 2.00. The predicted octanol–water partition coefficient (Wildman–Crippen LogP) is 1.41. The molecule has 0 spiro atoms. The van der Waals surface area contributed by atoms with Gasteiger partial charge < -0.3 is 5.43 Å². The van der Waals surface area contributed by atoms with Gasteiger partial charge in [-0.3, -0.25) is 0 Å². The molecule has 0 amide bonds. The van der Waals surface area contributed by atoms with E-state index in [0.29, 0.717) is 11.5 Å². The lowest BCUT2D eigenvalue weighted by atomic mass is 9.88. The molecule has 10 heavy (non-hydrogen) atoms. The molecule has 0 bridgehead atoms. The first kappa shape index (κ1) is 7.61. The van der Waals surface area contributed by atoms with Crippen LogP contribution < -0.4 is 10.9 Å². The highest BCUT2D eigenvalue weighted by Crippen LogP contribution is 2.21.